The summed E-state index contributed by atoms with van der Waals surface area (Å²) in [6, 6.07) is 4.67. The first-order valence-corrected chi connectivity index (χ1v) is 9.50. The average molecular weight is 332 g/mol. The maximum absolute atomic E-state index is 13.9. The van der Waals surface area contributed by atoms with E-state index < -0.39 is 11.8 Å². The zero-order valence-electron chi connectivity index (χ0n) is 14.9. The molecule has 3 rings (SSSR count). The fourth-order valence-corrected chi connectivity index (χ4v) is 4.44. The zero-order valence-corrected chi connectivity index (χ0v) is 14.9. The topological polar surface area (TPSA) is 26.3 Å². The number of carbonyl (C=O) groups excluding carboxylic acids is 1. The third-order valence-electron chi connectivity index (χ3n) is 6.06. The molecule has 0 unspecified atom stereocenters. The highest BCUT2D eigenvalue weighted by Gasteiger charge is 2.31. The van der Waals surface area contributed by atoms with Gasteiger partial charge in [0.25, 0.3) is 0 Å². The van der Waals surface area contributed by atoms with Crippen LogP contribution in [0.25, 0.3) is 0 Å². The molecule has 0 atom stereocenters. The standard InChI is InChI=1S/C21H29FO2/c1-14-3-6-16(7-4-14)17-8-10-18(11-9-17)24-21(23)19-12-5-15(2)13-20(19)22/h5,12-14,16-18H,3-4,6-11H2,1-2H3. The van der Waals surface area contributed by atoms with Crippen molar-refractivity contribution in [3.63, 3.8) is 0 Å². The van der Waals surface area contributed by atoms with Gasteiger partial charge in [-0.3, -0.25) is 0 Å². The van der Waals surface area contributed by atoms with E-state index in [0.29, 0.717) is 0 Å². The van der Waals surface area contributed by atoms with Crippen LogP contribution in [0.15, 0.2) is 18.2 Å². The van der Waals surface area contributed by atoms with E-state index in [9.17, 15) is 9.18 Å². The summed E-state index contributed by atoms with van der Waals surface area (Å²) in [4.78, 5) is 12.2. The van der Waals surface area contributed by atoms with Crippen molar-refractivity contribution in [1.82, 2.24) is 0 Å². The molecule has 0 spiro atoms. The molecule has 2 aliphatic rings. The molecule has 132 valence electrons. The molecule has 0 heterocycles. The molecule has 0 aliphatic heterocycles. The number of carbonyl (C=O) groups is 1. The molecule has 0 N–H and O–H groups in total. The highest BCUT2D eigenvalue weighted by atomic mass is 19.1. The Morgan fingerprint density at radius 2 is 1.58 bits per heavy atom. The number of hydrogen-bond acceptors (Lipinski definition) is 2. The van der Waals surface area contributed by atoms with Crippen LogP contribution in [-0.2, 0) is 4.74 Å². The number of halogens is 1. The van der Waals surface area contributed by atoms with E-state index in [0.717, 1.165) is 49.0 Å². The minimum Gasteiger partial charge on any atom is -0.459 e. The SMILES string of the molecule is Cc1ccc(C(=O)OC2CCC(C3CCC(C)CC3)CC2)c(F)c1. The van der Waals surface area contributed by atoms with E-state index in [1.165, 1.54) is 37.8 Å². The van der Waals surface area contributed by atoms with Gasteiger partial charge < -0.3 is 4.74 Å². The minimum absolute atomic E-state index is 0.0445. The number of benzene rings is 1. The van der Waals surface area contributed by atoms with Gasteiger partial charge in [-0.1, -0.05) is 25.8 Å². The summed E-state index contributed by atoms with van der Waals surface area (Å²) >= 11 is 0. The summed E-state index contributed by atoms with van der Waals surface area (Å²) in [5.74, 6) is 1.56. The number of hydrogen-bond donors (Lipinski definition) is 0. The first-order valence-electron chi connectivity index (χ1n) is 9.50. The Labute approximate surface area is 144 Å². The maximum Gasteiger partial charge on any atom is 0.341 e. The molecular formula is C21H29FO2. The van der Waals surface area contributed by atoms with Crippen LogP contribution in [0.5, 0.6) is 0 Å². The van der Waals surface area contributed by atoms with Crippen molar-refractivity contribution < 1.29 is 13.9 Å². The Morgan fingerprint density at radius 3 is 2.17 bits per heavy atom. The van der Waals surface area contributed by atoms with Crippen molar-refractivity contribution in [2.75, 3.05) is 0 Å². The van der Waals surface area contributed by atoms with Gasteiger partial charge in [0.15, 0.2) is 0 Å². The lowest BCUT2D eigenvalue weighted by atomic mass is 9.71. The summed E-state index contributed by atoms with van der Waals surface area (Å²) < 4.78 is 19.5. The number of ether oxygens (including phenoxy) is 1. The summed E-state index contributed by atoms with van der Waals surface area (Å²) in [6.07, 6.45) is 9.57. The first-order chi connectivity index (χ1) is 11.5. The van der Waals surface area contributed by atoms with Crippen molar-refractivity contribution >= 4 is 5.97 Å². The van der Waals surface area contributed by atoms with Gasteiger partial charge in [-0.15, -0.1) is 0 Å². The van der Waals surface area contributed by atoms with Gasteiger partial charge in [0.1, 0.15) is 11.9 Å². The van der Waals surface area contributed by atoms with Crippen LogP contribution in [0.1, 0.15) is 74.2 Å². The van der Waals surface area contributed by atoms with Crippen LogP contribution in [0, 0.1) is 30.5 Å². The largest absolute Gasteiger partial charge is 0.459 e. The lowest BCUT2D eigenvalue weighted by Crippen LogP contribution is -2.29. The minimum atomic E-state index is -0.512. The van der Waals surface area contributed by atoms with Gasteiger partial charge >= 0.3 is 5.97 Å². The summed E-state index contributed by atoms with van der Waals surface area (Å²) in [7, 11) is 0. The highest BCUT2D eigenvalue weighted by Crippen LogP contribution is 2.40. The molecule has 2 nitrogen and oxygen atoms in total. The lowest BCUT2D eigenvalue weighted by Gasteiger charge is -2.37. The zero-order chi connectivity index (χ0) is 17.1. The Balaban J connectivity index is 1.49. The van der Waals surface area contributed by atoms with Gasteiger partial charge in [-0.25, -0.2) is 9.18 Å². The second-order valence-corrected chi connectivity index (χ2v) is 7.95. The molecule has 3 heteroatoms. The molecule has 1 aromatic rings. The fraction of sp³-hybridized carbons (Fsp3) is 0.667. The van der Waals surface area contributed by atoms with Crippen molar-refractivity contribution in [2.45, 2.75) is 71.3 Å². The Hall–Kier alpha value is -1.38. The van der Waals surface area contributed by atoms with E-state index in [-0.39, 0.29) is 11.7 Å². The van der Waals surface area contributed by atoms with Crippen LogP contribution in [0.3, 0.4) is 0 Å². The second-order valence-electron chi connectivity index (χ2n) is 7.95. The number of aryl methyl sites for hydroxylation is 1. The van der Waals surface area contributed by atoms with Crippen LogP contribution in [0.4, 0.5) is 4.39 Å². The molecular weight excluding hydrogens is 303 g/mol. The van der Waals surface area contributed by atoms with Crippen LogP contribution < -0.4 is 0 Å². The fourth-order valence-electron chi connectivity index (χ4n) is 4.44. The highest BCUT2D eigenvalue weighted by molar-refractivity contribution is 5.89. The molecule has 2 fully saturated rings. The van der Waals surface area contributed by atoms with Crippen LogP contribution in [-0.4, -0.2) is 12.1 Å². The molecule has 24 heavy (non-hydrogen) atoms. The molecule has 0 saturated heterocycles. The molecule has 2 saturated carbocycles. The van der Waals surface area contributed by atoms with Crippen molar-refractivity contribution in [3.8, 4) is 0 Å². The lowest BCUT2D eigenvalue weighted by molar-refractivity contribution is 0.0107. The van der Waals surface area contributed by atoms with Gasteiger partial charge in [0, 0.05) is 0 Å². The second kappa shape index (κ2) is 7.67. The monoisotopic (exact) mass is 332 g/mol. The molecule has 0 amide bonds. The maximum atomic E-state index is 13.9. The first kappa shape index (κ1) is 17.4. The van der Waals surface area contributed by atoms with Gasteiger partial charge in [-0.05, 0) is 80.9 Å². The van der Waals surface area contributed by atoms with Crippen LogP contribution >= 0.6 is 0 Å². The molecule has 0 bridgehead atoms. The van der Waals surface area contributed by atoms with Crippen molar-refractivity contribution in [2.24, 2.45) is 17.8 Å². The van der Waals surface area contributed by atoms with E-state index in [1.54, 1.807) is 6.07 Å². The van der Waals surface area contributed by atoms with Crippen molar-refractivity contribution in [1.29, 1.82) is 0 Å². The predicted octanol–water partition coefficient (Wildman–Crippen LogP) is 5.68. The van der Waals surface area contributed by atoms with E-state index >= 15 is 0 Å². The Bertz CT molecular complexity index is 567. The van der Waals surface area contributed by atoms with Crippen molar-refractivity contribution in [3.05, 3.63) is 35.1 Å². The van der Waals surface area contributed by atoms with Gasteiger partial charge in [0.2, 0.25) is 0 Å². The molecule has 1 aromatic carbocycles. The third kappa shape index (κ3) is 4.17. The smallest absolute Gasteiger partial charge is 0.341 e. The Kier molecular flexibility index (Phi) is 5.57. The predicted molar refractivity (Wildman–Crippen MR) is 93.4 cm³/mol. The third-order valence-corrected chi connectivity index (χ3v) is 6.06. The van der Waals surface area contributed by atoms with Gasteiger partial charge in [-0.2, -0.15) is 0 Å². The Morgan fingerprint density at radius 1 is 1.00 bits per heavy atom. The molecule has 2 aliphatic carbocycles. The number of esters is 1. The van der Waals surface area contributed by atoms with Crippen LogP contribution in [0.2, 0.25) is 0 Å². The average Bonchev–Trinajstić information content (AvgIpc) is 2.56. The molecule has 0 radical (unpaired) electrons. The summed E-state index contributed by atoms with van der Waals surface area (Å²) in [5, 5.41) is 0. The number of rotatable bonds is 3. The molecule has 0 aromatic heterocycles. The van der Waals surface area contributed by atoms with E-state index in [4.69, 9.17) is 4.74 Å². The van der Waals surface area contributed by atoms with E-state index in [1.807, 2.05) is 6.92 Å². The normalized spacial score (nSPS) is 30.8. The summed E-state index contributed by atoms with van der Waals surface area (Å²) in [6.45, 7) is 4.17. The quantitative estimate of drug-likeness (QED) is 0.666. The summed E-state index contributed by atoms with van der Waals surface area (Å²) in [5.41, 5.74) is 0.871. The van der Waals surface area contributed by atoms with Gasteiger partial charge in [0.05, 0.1) is 5.56 Å². The van der Waals surface area contributed by atoms with E-state index in [2.05, 4.69) is 6.92 Å².